The van der Waals surface area contributed by atoms with Gasteiger partial charge in [-0.15, -0.1) is 0 Å². The number of nitrogens with zero attached hydrogens (tertiary/aromatic N) is 1. The highest BCUT2D eigenvalue weighted by Gasteiger charge is 2.34. The molecule has 2 heterocycles. The summed E-state index contributed by atoms with van der Waals surface area (Å²) in [5.41, 5.74) is 2.78. The molecule has 2 unspecified atom stereocenters. The molecule has 0 saturated carbocycles. The summed E-state index contributed by atoms with van der Waals surface area (Å²) in [7, 11) is 1.50. The summed E-state index contributed by atoms with van der Waals surface area (Å²) in [6.07, 6.45) is 2.66. The number of benzene rings is 2. The normalized spacial score (nSPS) is 18.2. The zero-order valence-electron chi connectivity index (χ0n) is 23.6. The Morgan fingerprint density at radius 1 is 1.07 bits per heavy atom. The van der Waals surface area contributed by atoms with Crippen LogP contribution < -0.4 is 26.0 Å². The van der Waals surface area contributed by atoms with Gasteiger partial charge < -0.3 is 36.0 Å². The number of carboxylic acids is 1. The van der Waals surface area contributed by atoms with Crippen LogP contribution in [0, 0.1) is 18.8 Å². The van der Waals surface area contributed by atoms with Crippen molar-refractivity contribution < 1.29 is 29.0 Å². The third-order valence-electron chi connectivity index (χ3n) is 7.84. The van der Waals surface area contributed by atoms with Gasteiger partial charge in [0.25, 0.3) is 0 Å². The van der Waals surface area contributed by atoms with Gasteiger partial charge in [0.15, 0.2) is 5.78 Å². The summed E-state index contributed by atoms with van der Waals surface area (Å²) in [5, 5.41) is 21.3. The molecular weight excluding hydrogens is 526 g/mol. The highest BCUT2D eigenvalue weighted by Crippen LogP contribution is 2.27. The Kier molecular flexibility index (Phi) is 10.2. The number of carbonyl (C=O) groups is 4. The number of nitrogens with one attached hydrogen (secondary N) is 4. The molecule has 220 valence electrons. The molecule has 2 atom stereocenters. The summed E-state index contributed by atoms with van der Waals surface area (Å²) in [6.45, 7) is 4.01. The number of ketones is 1. The molecule has 5 N–H and O–H groups in total. The number of aryl methyl sites for hydroxylation is 1. The fourth-order valence-electron chi connectivity index (χ4n) is 5.49. The molecule has 11 heteroatoms. The summed E-state index contributed by atoms with van der Waals surface area (Å²) in [6, 6.07) is 11.1. The number of methoxy groups -OCH3 is 1. The highest BCUT2D eigenvalue weighted by atomic mass is 16.5. The number of piperidine rings is 2. The number of rotatable bonds is 9. The second-order valence-electron chi connectivity index (χ2n) is 10.7. The van der Waals surface area contributed by atoms with E-state index in [4.69, 9.17) is 4.74 Å². The average Bonchev–Trinajstić information content (AvgIpc) is 2.98. The number of carboxylic acid groups (broad SMARTS) is 1. The quantitative estimate of drug-likeness (QED) is 0.312. The molecular formula is C30H39N5O6. The molecule has 2 aliphatic rings. The Hall–Kier alpha value is -4.12. The van der Waals surface area contributed by atoms with E-state index in [0.29, 0.717) is 42.1 Å². The summed E-state index contributed by atoms with van der Waals surface area (Å²) in [5.74, 6) is -1.25. The van der Waals surface area contributed by atoms with E-state index < -0.39 is 30.0 Å². The lowest BCUT2D eigenvalue weighted by atomic mass is 9.85. The van der Waals surface area contributed by atoms with E-state index in [0.717, 1.165) is 31.5 Å². The average molecular weight is 566 g/mol. The molecule has 2 fully saturated rings. The van der Waals surface area contributed by atoms with Crippen LogP contribution in [-0.4, -0.2) is 73.2 Å². The van der Waals surface area contributed by atoms with Crippen molar-refractivity contribution in [2.75, 3.05) is 43.9 Å². The van der Waals surface area contributed by atoms with Crippen LogP contribution >= 0.6 is 0 Å². The number of hydrogen-bond donors (Lipinski definition) is 5. The van der Waals surface area contributed by atoms with Crippen LogP contribution in [0.3, 0.4) is 0 Å². The molecule has 2 aromatic rings. The van der Waals surface area contributed by atoms with Gasteiger partial charge in [-0.3, -0.25) is 9.59 Å². The van der Waals surface area contributed by atoms with E-state index >= 15 is 0 Å². The van der Waals surface area contributed by atoms with Crippen molar-refractivity contribution in [2.24, 2.45) is 11.8 Å². The number of likely N-dealkylation sites (tertiary alicyclic amines) is 1. The van der Waals surface area contributed by atoms with Crippen molar-refractivity contribution in [3.05, 3.63) is 53.6 Å². The molecule has 0 radical (unpaired) electrons. The van der Waals surface area contributed by atoms with Gasteiger partial charge in [-0.2, -0.15) is 0 Å². The Morgan fingerprint density at radius 3 is 2.54 bits per heavy atom. The van der Waals surface area contributed by atoms with Crippen LogP contribution in [0.5, 0.6) is 5.75 Å². The molecule has 2 aliphatic heterocycles. The fraction of sp³-hybridized carbons (Fsp3) is 0.467. The first kappa shape index (κ1) is 29.9. The van der Waals surface area contributed by atoms with Crippen molar-refractivity contribution in [1.82, 2.24) is 15.5 Å². The van der Waals surface area contributed by atoms with Gasteiger partial charge in [0.1, 0.15) is 5.75 Å². The Bertz CT molecular complexity index is 1260. The Balaban J connectivity index is 1.44. The lowest BCUT2D eigenvalue weighted by molar-refractivity contribution is -0.143. The van der Waals surface area contributed by atoms with Gasteiger partial charge in [-0.25, -0.2) is 9.59 Å². The van der Waals surface area contributed by atoms with E-state index in [1.165, 1.54) is 12.0 Å². The fourth-order valence-corrected chi connectivity index (χ4v) is 5.49. The first-order valence-electron chi connectivity index (χ1n) is 14.1. The molecule has 0 aromatic heterocycles. The minimum Gasteiger partial charge on any atom is -0.496 e. The monoisotopic (exact) mass is 565 g/mol. The summed E-state index contributed by atoms with van der Waals surface area (Å²) < 4.78 is 5.56. The summed E-state index contributed by atoms with van der Waals surface area (Å²) >= 11 is 0. The molecule has 11 nitrogen and oxygen atoms in total. The van der Waals surface area contributed by atoms with Crippen LogP contribution in [0.15, 0.2) is 42.5 Å². The van der Waals surface area contributed by atoms with Crippen molar-refractivity contribution in [1.29, 1.82) is 0 Å². The minimum atomic E-state index is -0.911. The SMILES string of the molecule is COc1cc(NC(=O)Nc2ccccc2C)ccc1CC(=O)C(NC(=O)N1CCCC(C(=O)O)C1)C1CCNCC1. The maximum absolute atomic E-state index is 13.7. The number of urea groups is 2. The van der Waals surface area contributed by atoms with E-state index in [-0.39, 0.29) is 24.7 Å². The zero-order valence-corrected chi connectivity index (χ0v) is 23.6. The summed E-state index contributed by atoms with van der Waals surface area (Å²) in [4.78, 5) is 52.4. The number of ether oxygens (including phenoxy) is 1. The largest absolute Gasteiger partial charge is 0.496 e. The molecule has 4 amide bonds. The first-order chi connectivity index (χ1) is 19.7. The standard InChI is InChI=1S/C30H39N5O6/c1-19-6-3-4-8-24(19)33-29(39)32-23-10-9-21(26(17-23)41-2)16-25(36)27(20-11-13-31-14-12-20)34-30(40)35-15-5-7-22(18-35)28(37)38/h3-4,6,8-10,17,20,22,27,31H,5,7,11-16,18H2,1-2H3,(H,34,40)(H,37,38)(H2,32,33,39). The number of anilines is 2. The maximum atomic E-state index is 13.7. The Labute approximate surface area is 240 Å². The molecule has 0 spiro atoms. The van der Waals surface area contributed by atoms with Gasteiger partial charge in [0.05, 0.1) is 19.1 Å². The lowest BCUT2D eigenvalue weighted by Crippen LogP contribution is -2.55. The number of Topliss-reactive ketones (excluding diaryl/α,β-unsaturated/α-hetero) is 1. The van der Waals surface area contributed by atoms with Crippen molar-refractivity contribution in [3.63, 3.8) is 0 Å². The first-order valence-corrected chi connectivity index (χ1v) is 14.1. The molecule has 0 aliphatic carbocycles. The second-order valence-corrected chi connectivity index (χ2v) is 10.7. The van der Waals surface area contributed by atoms with E-state index in [1.54, 1.807) is 18.2 Å². The second kappa shape index (κ2) is 14.0. The predicted octanol–water partition coefficient (Wildman–Crippen LogP) is 3.63. The van der Waals surface area contributed by atoms with Crippen LogP contribution in [-0.2, 0) is 16.0 Å². The number of carbonyl (C=O) groups excluding carboxylic acids is 3. The molecule has 2 aromatic carbocycles. The van der Waals surface area contributed by atoms with Crippen molar-refractivity contribution in [3.8, 4) is 5.75 Å². The van der Waals surface area contributed by atoms with E-state index in [1.807, 2.05) is 31.2 Å². The highest BCUT2D eigenvalue weighted by molar-refractivity contribution is 6.00. The smallest absolute Gasteiger partial charge is 0.323 e. The zero-order chi connectivity index (χ0) is 29.4. The van der Waals surface area contributed by atoms with Gasteiger partial charge in [0.2, 0.25) is 0 Å². The number of aliphatic carboxylic acids is 1. The Morgan fingerprint density at radius 2 is 1.83 bits per heavy atom. The number of amides is 4. The third-order valence-corrected chi connectivity index (χ3v) is 7.84. The molecule has 2 saturated heterocycles. The van der Waals surface area contributed by atoms with Crippen LogP contribution in [0.4, 0.5) is 21.0 Å². The van der Waals surface area contributed by atoms with Gasteiger partial charge >= 0.3 is 18.0 Å². The maximum Gasteiger partial charge on any atom is 0.323 e. The van der Waals surface area contributed by atoms with E-state index in [2.05, 4.69) is 21.3 Å². The van der Waals surface area contributed by atoms with Crippen LogP contribution in [0.2, 0.25) is 0 Å². The van der Waals surface area contributed by atoms with Crippen LogP contribution in [0.25, 0.3) is 0 Å². The van der Waals surface area contributed by atoms with Gasteiger partial charge in [0, 0.05) is 42.5 Å². The molecule has 0 bridgehead atoms. The van der Waals surface area contributed by atoms with E-state index in [9.17, 15) is 24.3 Å². The molecule has 41 heavy (non-hydrogen) atoms. The van der Waals surface area contributed by atoms with Crippen molar-refractivity contribution >= 4 is 35.2 Å². The minimum absolute atomic E-state index is 0.0332. The third kappa shape index (κ3) is 7.97. The topological polar surface area (TPSA) is 149 Å². The van der Waals surface area contributed by atoms with Crippen LogP contribution in [0.1, 0.15) is 36.8 Å². The number of para-hydroxylation sites is 1. The lowest BCUT2D eigenvalue weighted by Gasteiger charge is -2.35. The predicted molar refractivity (Wildman–Crippen MR) is 155 cm³/mol. The van der Waals surface area contributed by atoms with Gasteiger partial charge in [-0.1, -0.05) is 24.3 Å². The van der Waals surface area contributed by atoms with Gasteiger partial charge in [-0.05, 0) is 69.3 Å². The van der Waals surface area contributed by atoms with Crippen molar-refractivity contribution in [2.45, 2.75) is 45.1 Å². The molecule has 4 rings (SSSR count). The number of hydrogen-bond acceptors (Lipinski definition) is 6.